The standard InChI is InChI=1S/C18H16N2O4S/c1-13-6-9-17(20(21)22)11-18(13)25(23,24)19-12-14-7-8-15-4-2-3-5-16(15)10-14/h2-11,19H,12H2,1H3. The molecule has 0 radical (unpaired) electrons. The fourth-order valence-corrected chi connectivity index (χ4v) is 3.88. The van der Waals surface area contributed by atoms with Crippen LogP contribution >= 0.6 is 0 Å². The van der Waals surface area contributed by atoms with Crippen LogP contribution in [-0.2, 0) is 16.6 Å². The minimum absolute atomic E-state index is 0.0810. The predicted octanol–water partition coefficient (Wildman–Crippen LogP) is 3.53. The smallest absolute Gasteiger partial charge is 0.258 e. The van der Waals surface area contributed by atoms with Crippen molar-refractivity contribution in [2.24, 2.45) is 0 Å². The van der Waals surface area contributed by atoms with Crippen molar-refractivity contribution >= 4 is 26.5 Å². The maximum atomic E-state index is 12.5. The zero-order chi connectivity index (χ0) is 18.0. The first-order valence-corrected chi connectivity index (χ1v) is 9.07. The van der Waals surface area contributed by atoms with Gasteiger partial charge in [0, 0.05) is 18.7 Å². The molecular formula is C18H16N2O4S. The van der Waals surface area contributed by atoms with Gasteiger partial charge in [-0.3, -0.25) is 10.1 Å². The van der Waals surface area contributed by atoms with Crippen molar-refractivity contribution in [2.75, 3.05) is 0 Å². The summed E-state index contributed by atoms with van der Waals surface area (Å²) in [4.78, 5) is 10.2. The molecule has 0 saturated heterocycles. The Morgan fingerprint density at radius 1 is 1.00 bits per heavy atom. The molecule has 0 heterocycles. The van der Waals surface area contributed by atoms with E-state index in [-0.39, 0.29) is 17.1 Å². The van der Waals surface area contributed by atoms with E-state index in [1.165, 1.54) is 12.1 Å². The maximum absolute atomic E-state index is 12.5. The lowest BCUT2D eigenvalue weighted by molar-refractivity contribution is -0.385. The van der Waals surface area contributed by atoms with E-state index in [2.05, 4.69) is 4.72 Å². The molecule has 0 aliphatic carbocycles. The highest BCUT2D eigenvalue weighted by molar-refractivity contribution is 7.89. The normalized spacial score (nSPS) is 11.6. The first-order valence-electron chi connectivity index (χ1n) is 7.59. The number of rotatable bonds is 5. The third kappa shape index (κ3) is 3.67. The molecule has 0 fully saturated rings. The van der Waals surface area contributed by atoms with Crippen LogP contribution in [0.2, 0.25) is 0 Å². The fraction of sp³-hybridized carbons (Fsp3) is 0.111. The van der Waals surface area contributed by atoms with E-state index in [9.17, 15) is 18.5 Å². The number of sulfonamides is 1. The van der Waals surface area contributed by atoms with Gasteiger partial charge in [0.15, 0.2) is 0 Å². The molecule has 0 aliphatic rings. The molecule has 3 rings (SSSR count). The second-order valence-electron chi connectivity index (χ2n) is 5.71. The number of nitro groups is 1. The number of non-ortho nitro benzene ring substituents is 1. The van der Waals surface area contributed by atoms with Crippen LogP contribution in [0.1, 0.15) is 11.1 Å². The molecule has 6 nitrogen and oxygen atoms in total. The lowest BCUT2D eigenvalue weighted by atomic mass is 10.1. The third-order valence-corrected chi connectivity index (χ3v) is 5.50. The zero-order valence-corrected chi connectivity index (χ0v) is 14.3. The number of hydrogen-bond donors (Lipinski definition) is 1. The molecule has 128 valence electrons. The second-order valence-corrected chi connectivity index (χ2v) is 7.45. The Balaban J connectivity index is 1.86. The molecule has 25 heavy (non-hydrogen) atoms. The molecule has 0 saturated carbocycles. The largest absolute Gasteiger partial charge is 0.270 e. The highest BCUT2D eigenvalue weighted by Gasteiger charge is 2.20. The molecule has 0 amide bonds. The van der Waals surface area contributed by atoms with Gasteiger partial charge in [-0.25, -0.2) is 13.1 Å². The van der Waals surface area contributed by atoms with Gasteiger partial charge in [-0.1, -0.05) is 42.5 Å². The summed E-state index contributed by atoms with van der Waals surface area (Å²) in [6, 6.07) is 17.3. The minimum atomic E-state index is -3.85. The van der Waals surface area contributed by atoms with Gasteiger partial charge in [-0.05, 0) is 34.9 Å². The molecule has 3 aromatic rings. The summed E-state index contributed by atoms with van der Waals surface area (Å²) < 4.78 is 27.6. The molecule has 0 unspecified atom stereocenters. The molecule has 0 atom stereocenters. The summed E-state index contributed by atoms with van der Waals surface area (Å²) >= 11 is 0. The van der Waals surface area contributed by atoms with Gasteiger partial charge in [0.05, 0.1) is 9.82 Å². The zero-order valence-electron chi connectivity index (χ0n) is 13.5. The van der Waals surface area contributed by atoms with Crippen LogP contribution in [0.4, 0.5) is 5.69 Å². The maximum Gasteiger partial charge on any atom is 0.270 e. The second kappa shape index (κ2) is 6.62. The summed E-state index contributed by atoms with van der Waals surface area (Å²) in [5, 5.41) is 13.0. The van der Waals surface area contributed by atoms with E-state index >= 15 is 0 Å². The number of benzene rings is 3. The highest BCUT2D eigenvalue weighted by Crippen LogP contribution is 2.22. The van der Waals surface area contributed by atoms with Crippen molar-refractivity contribution in [1.29, 1.82) is 0 Å². The van der Waals surface area contributed by atoms with Crippen LogP contribution in [0.3, 0.4) is 0 Å². The topological polar surface area (TPSA) is 89.3 Å². The van der Waals surface area contributed by atoms with E-state index in [4.69, 9.17) is 0 Å². The van der Waals surface area contributed by atoms with Gasteiger partial charge < -0.3 is 0 Å². The summed E-state index contributed by atoms with van der Waals surface area (Å²) in [5.74, 6) is 0. The third-order valence-electron chi connectivity index (χ3n) is 3.95. The SMILES string of the molecule is Cc1ccc([N+](=O)[O-])cc1S(=O)(=O)NCc1ccc2ccccc2c1. The Kier molecular flexibility index (Phi) is 4.52. The van der Waals surface area contributed by atoms with E-state index in [1.54, 1.807) is 6.92 Å². The Morgan fingerprint density at radius 2 is 1.72 bits per heavy atom. The average Bonchev–Trinajstić information content (AvgIpc) is 2.60. The van der Waals surface area contributed by atoms with Crippen molar-refractivity contribution in [2.45, 2.75) is 18.4 Å². The van der Waals surface area contributed by atoms with Gasteiger partial charge >= 0.3 is 0 Å². The van der Waals surface area contributed by atoms with Gasteiger partial charge in [0.2, 0.25) is 10.0 Å². The van der Waals surface area contributed by atoms with Gasteiger partial charge in [0.25, 0.3) is 5.69 Å². The monoisotopic (exact) mass is 356 g/mol. The number of fused-ring (bicyclic) bond motifs is 1. The number of hydrogen-bond acceptors (Lipinski definition) is 4. The molecule has 1 N–H and O–H groups in total. The molecule has 0 bridgehead atoms. The van der Waals surface area contributed by atoms with Crippen molar-refractivity contribution in [3.63, 3.8) is 0 Å². The molecule has 0 aliphatic heterocycles. The summed E-state index contributed by atoms with van der Waals surface area (Å²) in [5.41, 5.74) is 1.01. The number of nitrogens with one attached hydrogen (secondary N) is 1. The fourth-order valence-electron chi connectivity index (χ4n) is 2.60. The molecule has 3 aromatic carbocycles. The van der Waals surface area contributed by atoms with Crippen LogP contribution in [-0.4, -0.2) is 13.3 Å². The van der Waals surface area contributed by atoms with Crippen molar-refractivity contribution < 1.29 is 13.3 Å². The van der Waals surface area contributed by atoms with Crippen molar-refractivity contribution in [1.82, 2.24) is 4.72 Å². The van der Waals surface area contributed by atoms with E-state index in [0.717, 1.165) is 22.4 Å². The first kappa shape index (κ1) is 17.1. The number of nitrogens with zero attached hydrogens (tertiary/aromatic N) is 1. The van der Waals surface area contributed by atoms with Gasteiger partial charge in [0.1, 0.15) is 0 Å². The number of aryl methyl sites for hydroxylation is 1. The predicted molar refractivity (Wildman–Crippen MR) is 95.8 cm³/mol. The Morgan fingerprint density at radius 3 is 2.44 bits per heavy atom. The summed E-state index contributed by atoms with van der Waals surface area (Å²) in [6.07, 6.45) is 0. The van der Waals surface area contributed by atoms with Crippen LogP contribution in [0.25, 0.3) is 10.8 Å². The number of nitro benzene ring substituents is 1. The lowest BCUT2D eigenvalue weighted by Crippen LogP contribution is -2.24. The first-order chi connectivity index (χ1) is 11.9. The van der Waals surface area contributed by atoms with Crippen LogP contribution in [0.15, 0.2) is 65.6 Å². The van der Waals surface area contributed by atoms with Crippen molar-refractivity contribution in [3.05, 3.63) is 81.9 Å². The van der Waals surface area contributed by atoms with Crippen LogP contribution < -0.4 is 4.72 Å². The summed E-state index contributed by atoms with van der Waals surface area (Å²) in [6.45, 7) is 1.71. The Bertz CT molecular complexity index is 1060. The lowest BCUT2D eigenvalue weighted by Gasteiger charge is -2.10. The minimum Gasteiger partial charge on any atom is -0.258 e. The molecule has 0 aromatic heterocycles. The quantitative estimate of drug-likeness (QED) is 0.559. The van der Waals surface area contributed by atoms with Gasteiger partial charge in [-0.15, -0.1) is 0 Å². The molecule has 7 heteroatoms. The van der Waals surface area contributed by atoms with E-state index in [0.29, 0.717) is 5.56 Å². The molecular weight excluding hydrogens is 340 g/mol. The average molecular weight is 356 g/mol. The Labute approximate surface area is 145 Å². The van der Waals surface area contributed by atoms with Gasteiger partial charge in [-0.2, -0.15) is 0 Å². The van der Waals surface area contributed by atoms with E-state index in [1.807, 2.05) is 42.5 Å². The molecule has 0 spiro atoms. The highest BCUT2D eigenvalue weighted by atomic mass is 32.2. The van der Waals surface area contributed by atoms with Crippen LogP contribution in [0.5, 0.6) is 0 Å². The van der Waals surface area contributed by atoms with Crippen LogP contribution in [0, 0.1) is 17.0 Å². The van der Waals surface area contributed by atoms with E-state index < -0.39 is 14.9 Å². The Hall–Kier alpha value is -2.77. The summed E-state index contributed by atoms with van der Waals surface area (Å²) in [7, 11) is -3.85. The van der Waals surface area contributed by atoms with Crippen molar-refractivity contribution in [3.8, 4) is 0 Å².